The van der Waals surface area contributed by atoms with Gasteiger partial charge in [0.05, 0.1) is 27.1 Å². The molecule has 65 heavy (non-hydrogen) atoms. The Morgan fingerprint density at radius 3 is 1.23 bits per heavy atom. The molecule has 0 unspecified atom stereocenters. The summed E-state index contributed by atoms with van der Waals surface area (Å²) in [6.45, 7) is 0. The van der Waals surface area contributed by atoms with E-state index in [1.54, 1.807) is 12.1 Å². The molecule has 0 spiro atoms. The smallest absolute Gasteiger partial charge is 0.250 e. The van der Waals surface area contributed by atoms with Crippen LogP contribution in [0.3, 0.4) is 0 Å². The van der Waals surface area contributed by atoms with E-state index in [4.69, 9.17) is 26.2 Å². The van der Waals surface area contributed by atoms with Gasteiger partial charge in [0.2, 0.25) is 45.3 Å². The fourth-order valence-corrected chi connectivity index (χ4v) is 9.14. The van der Waals surface area contributed by atoms with E-state index in [9.17, 15) is 51.1 Å². The highest BCUT2D eigenvalue weighted by Gasteiger charge is 2.36. The van der Waals surface area contributed by atoms with Crippen LogP contribution < -0.4 is 5.46 Å². The summed E-state index contributed by atoms with van der Waals surface area (Å²) in [5.41, 5.74) is 0.717. The number of fused-ring (bicyclic) bond motifs is 5. The van der Waals surface area contributed by atoms with Crippen molar-refractivity contribution in [2.75, 3.05) is 0 Å². The molecule has 10 N–H and O–H groups in total. The summed E-state index contributed by atoms with van der Waals surface area (Å²) in [6, 6.07) is 32.5. The van der Waals surface area contributed by atoms with Gasteiger partial charge in [0, 0.05) is 5.69 Å². The van der Waals surface area contributed by atoms with Crippen LogP contribution in [0.1, 0.15) is 0 Å². The third-order valence-corrected chi connectivity index (χ3v) is 12.1. The Hall–Kier alpha value is -9.38. The maximum absolute atomic E-state index is 12.7. The largest absolute Gasteiger partial charge is 0.505 e. The van der Waals surface area contributed by atoms with Crippen molar-refractivity contribution in [3.63, 3.8) is 0 Å². The van der Waals surface area contributed by atoms with E-state index in [0.717, 1.165) is 26.7 Å². The second kappa shape index (κ2) is 12.8. The average molecular weight is 867 g/mol. The molecule has 0 fully saturated rings. The number of aromatic nitrogens is 2. The molecule has 0 aliphatic rings. The van der Waals surface area contributed by atoms with Crippen molar-refractivity contribution in [2.45, 2.75) is 0 Å². The topological polar surface area (TPSA) is 264 Å². The Labute approximate surface area is 361 Å². The lowest BCUT2D eigenvalue weighted by Gasteiger charge is -2.16. The minimum atomic E-state index is -1.14. The SMILES string of the molecule is [B]c1c(O)c(O)c(O)c2c3c4ooc5c(O)c(O)c(O)c6c7c(O)c(O)c(O)c8ooc(c(O)c3n(-c3cc(-c9ccccc9)cc(-c9ccc(-c%10ccccc%10)cc9)c3)c12)c4n(c87)c56. The van der Waals surface area contributed by atoms with Gasteiger partial charge in [-0.2, -0.15) is 0 Å². The quantitative estimate of drug-likeness (QED) is 0.0449. The normalized spacial score (nSPS) is 12.1. The van der Waals surface area contributed by atoms with Gasteiger partial charge in [-0.15, -0.1) is 0 Å². The maximum atomic E-state index is 12.7. The van der Waals surface area contributed by atoms with Crippen LogP contribution in [0, 0.1) is 0 Å². The third-order valence-electron chi connectivity index (χ3n) is 12.1. The van der Waals surface area contributed by atoms with Gasteiger partial charge in [0.25, 0.3) is 0 Å². The van der Waals surface area contributed by atoms with Gasteiger partial charge in [-0.3, -0.25) is 22.7 Å². The molecule has 17 heteroatoms. The number of nitrogens with zero attached hydrogens (tertiary/aromatic N) is 2. The molecule has 316 valence electrons. The highest BCUT2D eigenvalue weighted by molar-refractivity contribution is 6.44. The van der Waals surface area contributed by atoms with Crippen molar-refractivity contribution in [3.8, 4) is 96.6 Å². The highest BCUT2D eigenvalue weighted by atomic mass is 17.0. The van der Waals surface area contributed by atoms with Crippen molar-refractivity contribution in [1.29, 1.82) is 0 Å². The predicted molar refractivity (Wildman–Crippen MR) is 238 cm³/mol. The summed E-state index contributed by atoms with van der Waals surface area (Å²) in [5, 5.41) is 112. The second-order valence-corrected chi connectivity index (χ2v) is 15.5. The van der Waals surface area contributed by atoms with Gasteiger partial charge >= 0.3 is 0 Å². The van der Waals surface area contributed by atoms with Crippen LogP contribution in [0.5, 0.6) is 57.5 Å². The molecule has 0 aliphatic heterocycles. The molecule has 0 saturated heterocycles. The van der Waals surface area contributed by atoms with Crippen molar-refractivity contribution < 1.29 is 69.4 Å². The lowest BCUT2D eigenvalue weighted by Crippen LogP contribution is -2.10. The number of rotatable bonds is 4. The fraction of sp³-hybridized carbons (Fsp3) is 0. The fourth-order valence-electron chi connectivity index (χ4n) is 9.14. The van der Waals surface area contributed by atoms with Gasteiger partial charge < -0.3 is 55.6 Å². The van der Waals surface area contributed by atoms with E-state index in [0.29, 0.717) is 11.1 Å². The summed E-state index contributed by atoms with van der Waals surface area (Å²) < 4.78 is 25.6. The molecule has 0 aliphatic carbocycles. The minimum Gasteiger partial charge on any atom is -0.505 e. The van der Waals surface area contributed by atoms with Crippen LogP contribution in [0.4, 0.5) is 0 Å². The molecular weight excluding hydrogens is 839 g/mol. The third kappa shape index (κ3) is 4.74. The van der Waals surface area contributed by atoms with Crippen LogP contribution in [0.15, 0.2) is 121 Å². The van der Waals surface area contributed by atoms with E-state index < -0.39 is 96.1 Å². The van der Waals surface area contributed by atoms with Gasteiger partial charge in [0.1, 0.15) is 29.9 Å². The Balaban J connectivity index is 1.30. The Morgan fingerprint density at radius 2 is 0.723 bits per heavy atom. The van der Waals surface area contributed by atoms with E-state index in [1.807, 2.05) is 91.0 Å². The van der Waals surface area contributed by atoms with Crippen LogP contribution in [-0.4, -0.2) is 67.9 Å². The number of benzene rings is 8. The summed E-state index contributed by atoms with van der Waals surface area (Å²) in [7, 11) is 6.66. The molecular formula is C48H27BN2O14. The first-order valence-corrected chi connectivity index (χ1v) is 19.6. The number of aromatic hydroxyl groups is 10. The Bertz CT molecular complexity index is 4030. The summed E-state index contributed by atoms with van der Waals surface area (Å²) in [6.07, 6.45) is 0. The number of hydrogen-bond donors (Lipinski definition) is 10. The number of phenolic OH excluding ortho intramolecular Hbond substituents is 10. The van der Waals surface area contributed by atoms with E-state index in [-0.39, 0.29) is 44.0 Å². The summed E-state index contributed by atoms with van der Waals surface area (Å²) in [4.78, 5) is 0. The lowest BCUT2D eigenvalue weighted by molar-refractivity contribution is 0.0854. The molecule has 0 amide bonds. The van der Waals surface area contributed by atoms with Gasteiger partial charge in [-0.05, 0) is 57.0 Å². The number of hydrogen-bond acceptors (Lipinski definition) is 14. The van der Waals surface area contributed by atoms with E-state index >= 15 is 0 Å². The molecule has 0 bridgehead atoms. The zero-order valence-corrected chi connectivity index (χ0v) is 32.9. The van der Waals surface area contributed by atoms with Crippen molar-refractivity contribution >= 4 is 84.8 Å². The minimum absolute atomic E-state index is 0.164. The molecule has 4 aromatic heterocycles. The molecule has 12 rings (SSSR count). The Kier molecular flexibility index (Phi) is 7.38. The van der Waals surface area contributed by atoms with Crippen LogP contribution in [0.2, 0.25) is 0 Å². The van der Waals surface area contributed by atoms with Crippen molar-refractivity contribution in [2.24, 2.45) is 0 Å². The summed E-state index contributed by atoms with van der Waals surface area (Å²) >= 11 is 0. The standard InChI is InChI=1S/C48H27BN2O14/c49-29-30-27(37(54)40(57)38(29)55)28-31(50(30)24-16-22(19-9-5-2-6-10-19)15-23(17-24)21-13-11-20(12-14-21)18-7-3-1-4-8-18)39(56)48-34-45(28)62-63-46-32-25(35(52)41(58)43(46)60)26-33(51(32)34)47(64-65-48)44(61)42(59)36(26)53/h1-17,52-61H. The summed E-state index contributed by atoms with van der Waals surface area (Å²) in [5.74, 6) is -10.1. The first-order valence-electron chi connectivity index (χ1n) is 19.6. The lowest BCUT2D eigenvalue weighted by atomic mass is 9.90. The van der Waals surface area contributed by atoms with Crippen molar-refractivity contribution in [1.82, 2.24) is 8.97 Å². The van der Waals surface area contributed by atoms with Crippen LogP contribution in [-0.2, 0) is 0 Å². The molecule has 0 saturated carbocycles. The first kappa shape index (κ1) is 37.4. The zero-order valence-electron chi connectivity index (χ0n) is 32.9. The van der Waals surface area contributed by atoms with Gasteiger partial charge in [0.15, 0.2) is 34.5 Å². The molecule has 0 atom stereocenters. The van der Waals surface area contributed by atoms with Crippen LogP contribution in [0.25, 0.3) is 111 Å². The maximum Gasteiger partial charge on any atom is 0.250 e. The second-order valence-electron chi connectivity index (χ2n) is 15.5. The Morgan fingerprint density at radius 1 is 0.323 bits per heavy atom. The van der Waals surface area contributed by atoms with Crippen LogP contribution >= 0.6 is 0 Å². The molecule has 12 aromatic rings. The molecule has 8 aromatic carbocycles. The molecule has 16 nitrogen and oxygen atoms in total. The van der Waals surface area contributed by atoms with E-state index in [2.05, 4.69) is 0 Å². The molecule has 2 radical (unpaired) electrons. The van der Waals surface area contributed by atoms with Gasteiger partial charge in [-0.1, -0.05) is 84.9 Å². The van der Waals surface area contributed by atoms with E-state index in [1.165, 1.54) is 4.57 Å². The predicted octanol–water partition coefficient (Wildman–Crippen LogP) is 9.43. The molecule has 4 heterocycles. The average Bonchev–Trinajstić information content (AvgIpc) is 3.74. The monoisotopic (exact) mass is 866 g/mol. The number of phenols is 10. The first-order chi connectivity index (χ1) is 31.4. The van der Waals surface area contributed by atoms with Gasteiger partial charge in [-0.25, -0.2) is 0 Å². The zero-order chi connectivity index (χ0) is 44.9. The highest BCUT2D eigenvalue weighted by Crippen LogP contribution is 2.58. The van der Waals surface area contributed by atoms with Crippen molar-refractivity contribution in [3.05, 3.63) is 103 Å².